The van der Waals surface area contributed by atoms with Crippen LogP contribution in [0.2, 0.25) is 5.02 Å². The van der Waals surface area contributed by atoms with Gasteiger partial charge in [0.05, 0.1) is 40.0 Å². The summed E-state index contributed by atoms with van der Waals surface area (Å²) in [4.78, 5) is 44.4. The van der Waals surface area contributed by atoms with Crippen LogP contribution in [-0.2, 0) is 14.4 Å². The Balaban J connectivity index is 1.04. The lowest BCUT2D eigenvalue weighted by atomic mass is 9.85. The summed E-state index contributed by atoms with van der Waals surface area (Å²) in [5.74, 6) is 0.587. The standard InChI is InChI=1S/C26H22ClN3O4S2/c27-16-3-6-18(7-4-16)34-10-9-28-21(31)13-35-26-29-19-8-5-17(12-20(19)36-26)30-24(32)22-14-1-2-15(11-14)23(22)25(30)33/h1-8,12,14-15,22-23H,9-11,13H2,(H,28,31)/t14-,15-,22+,23+/m0/s1. The van der Waals surface area contributed by atoms with E-state index in [4.69, 9.17) is 16.3 Å². The van der Waals surface area contributed by atoms with E-state index in [1.165, 1.54) is 28.0 Å². The van der Waals surface area contributed by atoms with Crippen molar-refractivity contribution in [2.24, 2.45) is 23.7 Å². The molecule has 2 bridgehead atoms. The van der Waals surface area contributed by atoms with Crippen molar-refractivity contribution < 1.29 is 19.1 Å². The zero-order chi connectivity index (χ0) is 24.8. The highest BCUT2D eigenvalue weighted by Gasteiger charge is 2.59. The van der Waals surface area contributed by atoms with Gasteiger partial charge in [0.2, 0.25) is 17.7 Å². The molecule has 3 aromatic rings. The van der Waals surface area contributed by atoms with Crippen LogP contribution in [0, 0.1) is 23.7 Å². The van der Waals surface area contributed by atoms with Crippen molar-refractivity contribution in [2.45, 2.75) is 10.8 Å². The van der Waals surface area contributed by atoms with E-state index in [9.17, 15) is 14.4 Å². The molecule has 4 atom stereocenters. The zero-order valence-corrected chi connectivity index (χ0v) is 21.4. The lowest BCUT2D eigenvalue weighted by molar-refractivity contribution is -0.123. The second-order valence-corrected chi connectivity index (χ2v) is 11.8. The molecule has 1 saturated heterocycles. The van der Waals surface area contributed by atoms with Crippen LogP contribution < -0.4 is 15.0 Å². The molecule has 184 valence electrons. The number of benzene rings is 2. The first kappa shape index (κ1) is 23.5. The lowest BCUT2D eigenvalue weighted by Gasteiger charge is -2.17. The van der Waals surface area contributed by atoms with E-state index in [0.29, 0.717) is 29.6 Å². The van der Waals surface area contributed by atoms with Crippen LogP contribution in [0.3, 0.4) is 0 Å². The van der Waals surface area contributed by atoms with Crippen molar-refractivity contribution in [3.8, 4) is 5.75 Å². The summed E-state index contributed by atoms with van der Waals surface area (Å²) < 4.78 is 7.21. The van der Waals surface area contributed by atoms with Crippen molar-refractivity contribution in [3.05, 3.63) is 59.6 Å². The molecule has 2 fully saturated rings. The fraction of sp³-hybridized carbons (Fsp3) is 0.308. The van der Waals surface area contributed by atoms with Gasteiger partial charge in [-0.15, -0.1) is 11.3 Å². The highest BCUT2D eigenvalue weighted by atomic mass is 35.5. The van der Waals surface area contributed by atoms with Crippen LogP contribution in [0.5, 0.6) is 5.75 Å². The Bertz CT molecular complexity index is 1360. The third-order valence-electron chi connectivity index (χ3n) is 6.91. The van der Waals surface area contributed by atoms with Crippen LogP contribution in [0.25, 0.3) is 10.2 Å². The average molecular weight is 540 g/mol. The number of carbonyl (C=O) groups is 3. The number of imide groups is 1. The van der Waals surface area contributed by atoms with Gasteiger partial charge >= 0.3 is 0 Å². The molecule has 0 spiro atoms. The smallest absolute Gasteiger partial charge is 0.238 e. The van der Waals surface area contributed by atoms with Gasteiger partial charge in [-0.3, -0.25) is 14.4 Å². The van der Waals surface area contributed by atoms with Crippen molar-refractivity contribution >= 4 is 68.3 Å². The van der Waals surface area contributed by atoms with Gasteiger partial charge in [0.25, 0.3) is 0 Å². The van der Waals surface area contributed by atoms with E-state index >= 15 is 0 Å². The number of fused-ring (bicyclic) bond motifs is 6. The molecule has 2 aliphatic carbocycles. The number of rotatable bonds is 8. The minimum absolute atomic E-state index is 0.0861. The van der Waals surface area contributed by atoms with Gasteiger partial charge in [-0.2, -0.15) is 0 Å². The van der Waals surface area contributed by atoms with Crippen LogP contribution in [0.1, 0.15) is 6.42 Å². The lowest BCUT2D eigenvalue weighted by Crippen LogP contribution is -2.32. The number of nitrogens with one attached hydrogen (secondary N) is 1. The summed E-state index contributed by atoms with van der Waals surface area (Å²) in [6.07, 6.45) is 5.11. The van der Waals surface area contributed by atoms with Gasteiger partial charge in [-0.05, 0) is 60.7 Å². The van der Waals surface area contributed by atoms with Gasteiger partial charge in [-0.1, -0.05) is 35.5 Å². The Hall–Kier alpha value is -2.88. The first-order valence-corrected chi connectivity index (χ1v) is 13.9. The number of hydrogen-bond acceptors (Lipinski definition) is 7. The molecule has 6 rings (SSSR count). The molecule has 1 aliphatic heterocycles. The molecule has 3 amide bonds. The predicted octanol–water partition coefficient (Wildman–Crippen LogP) is 4.55. The first-order valence-electron chi connectivity index (χ1n) is 11.7. The summed E-state index contributed by atoms with van der Waals surface area (Å²) in [5, 5.41) is 3.48. The average Bonchev–Trinajstić information content (AvgIpc) is 3.64. The van der Waals surface area contributed by atoms with E-state index in [2.05, 4.69) is 22.5 Å². The Morgan fingerprint density at radius 3 is 2.56 bits per heavy atom. The maximum atomic E-state index is 13.1. The fourth-order valence-corrected chi connectivity index (χ4v) is 7.38. The van der Waals surface area contributed by atoms with Crippen molar-refractivity contribution in [1.29, 1.82) is 0 Å². The molecule has 1 aromatic heterocycles. The zero-order valence-electron chi connectivity index (χ0n) is 19.1. The maximum absolute atomic E-state index is 13.1. The van der Waals surface area contributed by atoms with E-state index < -0.39 is 0 Å². The number of thiazole rings is 1. The highest BCUT2D eigenvalue weighted by molar-refractivity contribution is 8.01. The predicted molar refractivity (Wildman–Crippen MR) is 141 cm³/mol. The summed E-state index contributed by atoms with van der Waals surface area (Å²) in [7, 11) is 0. The largest absolute Gasteiger partial charge is 0.492 e. The number of amides is 3. The monoisotopic (exact) mass is 539 g/mol. The quantitative estimate of drug-likeness (QED) is 0.195. The number of halogens is 1. The molecule has 3 aliphatic rings. The molecule has 1 saturated carbocycles. The molecule has 10 heteroatoms. The molecule has 0 unspecified atom stereocenters. The van der Waals surface area contributed by atoms with Crippen molar-refractivity contribution in [3.63, 3.8) is 0 Å². The van der Waals surface area contributed by atoms with Gasteiger partial charge in [0.1, 0.15) is 12.4 Å². The minimum Gasteiger partial charge on any atom is -0.492 e. The summed E-state index contributed by atoms with van der Waals surface area (Å²) in [6, 6.07) is 12.5. The number of carbonyl (C=O) groups excluding carboxylic acids is 3. The molecule has 0 radical (unpaired) electrons. The Labute approximate surface area is 220 Å². The molecule has 7 nitrogen and oxygen atoms in total. The van der Waals surface area contributed by atoms with E-state index in [-0.39, 0.29) is 47.1 Å². The highest BCUT2D eigenvalue weighted by Crippen LogP contribution is 2.53. The number of allylic oxidation sites excluding steroid dienone is 2. The molecular formula is C26H22ClN3O4S2. The van der Waals surface area contributed by atoms with E-state index in [0.717, 1.165) is 21.0 Å². The normalized spacial score (nSPS) is 24.1. The van der Waals surface area contributed by atoms with E-state index in [1.54, 1.807) is 30.3 Å². The Morgan fingerprint density at radius 2 is 1.83 bits per heavy atom. The second kappa shape index (κ2) is 9.53. The maximum Gasteiger partial charge on any atom is 0.238 e. The van der Waals surface area contributed by atoms with Crippen molar-refractivity contribution in [1.82, 2.24) is 10.3 Å². The van der Waals surface area contributed by atoms with Crippen LogP contribution >= 0.6 is 34.7 Å². The molecular weight excluding hydrogens is 518 g/mol. The van der Waals surface area contributed by atoms with Gasteiger partial charge in [0, 0.05) is 5.02 Å². The van der Waals surface area contributed by atoms with Crippen molar-refractivity contribution in [2.75, 3.05) is 23.8 Å². The van der Waals surface area contributed by atoms with E-state index in [1.807, 2.05) is 12.1 Å². The third kappa shape index (κ3) is 4.29. The topological polar surface area (TPSA) is 88.6 Å². The number of hydrogen-bond donors (Lipinski definition) is 1. The van der Waals surface area contributed by atoms with Gasteiger partial charge in [-0.25, -0.2) is 9.88 Å². The third-order valence-corrected chi connectivity index (χ3v) is 9.33. The fourth-order valence-electron chi connectivity index (χ4n) is 5.32. The number of ether oxygens (including phenoxy) is 1. The Kier molecular flexibility index (Phi) is 6.23. The molecule has 36 heavy (non-hydrogen) atoms. The summed E-state index contributed by atoms with van der Waals surface area (Å²) in [6.45, 7) is 0.748. The molecule has 2 heterocycles. The van der Waals surface area contributed by atoms with Crippen LogP contribution in [0.4, 0.5) is 5.69 Å². The van der Waals surface area contributed by atoms with Crippen LogP contribution in [-0.4, -0.2) is 41.6 Å². The summed E-state index contributed by atoms with van der Waals surface area (Å²) in [5.41, 5.74) is 1.38. The minimum atomic E-state index is -0.217. The van der Waals surface area contributed by atoms with Crippen LogP contribution in [0.15, 0.2) is 59.0 Å². The number of anilines is 1. The van der Waals surface area contributed by atoms with Gasteiger partial charge < -0.3 is 10.1 Å². The number of thioether (sulfide) groups is 1. The Morgan fingerprint density at radius 1 is 1.11 bits per heavy atom. The second-order valence-electron chi connectivity index (χ2n) is 9.08. The number of aromatic nitrogens is 1. The number of nitrogens with zero attached hydrogens (tertiary/aromatic N) is 2. The first-order chi connectivity index (χ1) is 17.5. The summed E-state index contributed by atoms with van der Waals surface area (Å²) >= 11 is 8.66. The molecule has 1 N–H and O–H groups in total. The van der Waals surface area contributed by atoms with Gasteiger partial charge in [0.15, 0.2) is 4.34 Å². The molecule has 2 aromatic carbocycles. The SMILES string of the molecule is O=C(CSc1nc2ccc(N3C(=O)[C@H]4[C@H](C3=O)[C@H]3C=C[C@H]4C3)cc2s1)NCCOc1ccc(Cl)cc1.